The Morgan fingerprint density at radius 2 is 1.71 bits per heavy atom. The lowest BCUT2D eigenvalue weighted by Crippen LogP contribution is -2.39. The molecule has 1 aliphatic rings. The number of hydrogen-bond donors (Lipinski definition) is 0. The van der Waals surface area contributed by atoms with E-state index >= 15 is 0 Å². The molecule has 0 amide bonds. The highest BCUT2D eigenvalue weighted by Crippen LogP contribution is 2.33. The van der Waals surface area contributed by atoms with Crippen molar-refractivity contribution in [3.05, 3.63) is 34.9 Å². The second-order valence-corrected chi connectivity index (χ2v) is 7.06. The lowest BCUT2D eigenvalue weighted by atomic mass is 9.78. The standard InChI is InChI=1S/C19H29NO/c1-5-19(4)7-10-20(11-8-19)9-6-18(21)17-13-15(2)12-16(3)14-17/h12-14H,5-11H2,1-4H3. The smallest absolute Gasteiger partial charge is 0.164 e. The molecule has 0 spiro atoms. The van der Waals surface area contributed by atoms with Crippen LogP contribution < -0.4 is 0 Å². The van der Waals surface area contributed by atoms with E-state index in [1.165, 1.54) is 30.4 Å². The zero-order chi connectivity index (χ0) is 15.5. The number of rotatable bonds is 5. The van der Waals surface area contributed by atoms with Crippen molar-refractivity contribution in [1.82, 2.24) is 4.90 Å². The van der Waals surface area contributed by atoms with Crippen molar-refractivity contribution in [2.45, 2.75) is 53.4 Å². The van der Waals surface area contributed by atoms with Gasteiger partial charge in [0.2, 0.25) is 0 Å². The summed E-state index contributed by atoms with van der Waals surface area (Å²) in [5.74, 6) is 0.283. The Kier molecular flexibility index (Phi) is 5.21. The molecule has 0 N–H and O–H groups in total. The summed E-state index contributed by atoms with van der Waals surface area (Å²) in [5, 5.41) is 0. The van der Waals surface area contributed by atoms with Crippen LogP contribution in [0.4, 0.5) is 0 Å². The van der Waals surface area contributed by atoms with Gasteiger partial charge in [-0.25, -0.2) is 0 Å². The minimum Gasteiger partial charge on any atom is -0.303 e. The normalized spacial score (nSPS) is 18.7. The molecule has 0 atom stereocenters. The molecule has 2 rings (SSSR count). The number of aryl methyl sites for hydroxylation is 2. The van der Waals surface area contributed by atoms with Crippen LogP contribution in [0.1, 0.15) is 61.0 Å². The first-order valence-corrected chi connectivity index (χ1v) is 8.26. The summed E-state index contributed by atoms with van der Waals surface area (Å²) >= 11 is 0. The molecule has 0 aliphatic carbocycles. The highest BCUT2D eigenvalue weighted by Gasteiger charge is 2.28. The molecule has 0 radical (unpaired) electrons. The van der Waals surface area contributed by atoms with Crippen molar-refractivity contribution >= 4 is 5.78 Å². The molecule has 1 fully saturated rings. The number of likely N-dealkylation sites (tertiary alicyclic amines) is 1. The number of carbonyl (C=O) groups is 1. The maximum atomic E-state index is 12.3. The van der Waals surface area contributed by atoms with Gasteiger partial charge in [-0.1, -0.05) is 37.5 Å². The largest absolute Gasteiger partial charge is 0.303 e. The summed E-state index contributed by atoms with van der Waals surface area (Å²) in [6.45, 7) is 12.0. The number of benzene rings is 1. The zero-order valence-corrected chi connectivity index (χ0v) is 14.0. The van der Waals surface area contributed by atoms with Gasteiger partial charge in [0, 0.05) is 18.5 Å². The number of ketones is 1. The van der Waals surface area contributed by atoms with Gasteiger partial charge in [0.1, 0.15) is 0 Å². The van der Waals surface area contributed by atoms with Crippen LogP contribution >= 0.6 is 0 Å². The van der Waals surface area contributed by atoms with Gasteiger partial charge in [-0.15, -0.1) is 0 Å². The molecule has 0 unspecified atom stereocenters. The molecule has 0 saturated carbocycles. The number of nitrogens with zero attached hydrogens (tertiary/aromatic N) is 1. The summed E-state index contributed by atoms with van der Waals surface area (Å²) in [4.78, 5) is 14.8. The number of piperidine rings is 1. The molecule has 21 heavy (non-hydrogen) atoms. The van der Waals surface area contributed by atoms with Crippen LogP contribution in [0, 0.1) is 19.3 Å². The Bertz CT molecular complexity index is 478. The summed E-state index contributed by atoms with van der Waals surface area (Å²) < 4.78 is 0. The molecule has 1 aliphatic heterocycles. The fourth-order valence-corrected chi connectivity index (χ4v) is 3.21. The van der Waals surface area contributed by atoms with Crippen molar-refractivity contribution < 1.29 is 4.79 Å². The van der Waals surface area contributed by atoms with Gasteiger partial charge in [-0.2, -0.15) is 0 Å². The number of carbonyl (C=O) groups excluding carboxylic acids is 1. The topological polar surface area (TPSA) is 20.3 Å². The molecule has 1 saturated heterocycles. The van der Waals surface area contributed by atoms with Crippen LogP contribution in [0.2, 0.25) is 0 Å². The molecule has 2 nitrogen and oxygen atoms in total. The van der Waals surface area contributed by atoms with Crippen LogP contribution in [0.25, 0.3) is 0 Å². The molecule has 1 heterocycles. The predicted molar refractivity (Wildman–Crippen MR) is 88.9 cm³/mol. The van der Waals surface area contributed by atoms with E-state index in [1.807, 2.05) is 12.1 Å². The highest BCUT2D eigenvalue weighted by molar-refractivity contribution is 5.96. The van der Waals surface area contributed by atoms with E-state index in [2.05, 4.69) is 38.7 Å². The average molecular weight is 287 g/mol. The first-order chi connectivity index (χ1) is 9.92. The van der Waals surface area contributed by atoms with Crippen molar-refractivity contribution in [2.75, 3.05) is 19.6 Å². The lowest BCUT2D eigenvalue weighted by Gasteiger charge is -2.38. The monoisotopic (exact) mass is 287 g/mol. The molecule has 0 aromatic heterocycles. The second-order valence-electron chi connectivity index (χ2n) is 7.06. The van der Waals surface area contributed by atoms with Gasteiger partial charge in [0.25, 0.3) is 0 Å². The first-order valence-electron chi connectivity index (χ1n) is 8.26. The minimum absolute atomic E-state index is 0.283. The SMILES string of the molecule is CCC1(C)CCN(CCC(=O)c2cc(C)cc(C)c2)CC1. The zero-order valence-electron chi connectivity index (χ0n) is 14.0. The van der Waals surface area contributed by atoms with E-state index in [0.717, 1.165) is 25.2 Å². The third-order valence-electron chi connectivity index (χ3n) is 5.12. The van der Waals surface area contributed by atoms with Crippen LogP contribution in [-0.2, 0) is 0 Å². The van der Waals surface area contributed by atoms with Gasteiger partial charge < -0.3 is 4.90 Å². The molecular formula is C19H29NO. The molecule has 1 aromatic rings. The molecule has 1 aromatic carbocycles. The van der Waals surface area contributed by atoms with Crippen molar-refractivity contribution in [2.24, 2.45) is 5.41 Å². The molecular weight excluding hydrogens is 258 g/mol. The highest BCUT2D eigenvalue weighted by atomic mass is 16.1. The van der Waals surface area contributed by atoms with Gasteiger partial charge in [0.05, 0.1) is 0 Å². The van der Waals surface area contributed by atoms with E-state index in [0.29, 0.717) is 11.8 Å². The quantitative estimate of drug-likeness (QED) is 0.749. The van der Waals surface area contributed by atoms with E-state index in [1.54, 1.807) is 0 Å². The maximum Gasteiger partial charge on any atom is 0.164 e. The van der Waals surface area contributed by atoms with Crippen LogP contribution in [-0.4, -0.2) is 30.3 Å². The number of hydrogen-bond acceptors (Lipinski definition) is 2. The van der Waals surface area contributed by atoms with E-state index in [9.17, 15) is 4.79 Å². The van der Waals surface area contributed by atoms with Gasteiger partial charge in [0.15, 0.2) is 5.78 Å². The van der Waals surface area contributed by atoms with Crippen molar-refractivity contribution in [3.8, 4) is 0 Å². The summed E-state index contributed by atoms with van der Waals surface area (Å²) in [7, 11) is 0. The second kappa shape index (κ2) is 6.74. The fraction of sp³-hybridized carbons (Fsp3) is 0.632. The number of Topliss-reactive ketones (excluding diaryl/α,β-unsaturated/α-hetero) is 1. The Morgan fingerprint density at radius 3 is 2.24 bits per heavy atom. The minimum atomic E-state index is 0.283. The van der Waals surface area contributed by atoms with Crippen molar-refractivity contribution in [1.29, 1.82) is 0 Å². The lowest BCUT2D eigenvalue weighted by molar-refractivity contribution is 0.0902. The van der Waals surface area contributed by atoms with Crippen LogP contribution in [0.5, 0.6) is 0 Å². The average Bonchev–Trinajstić information content (AvgIpc) is 2.45. The van der Waals surface area contributed by atoms with Crippen LogP contribution in [0.15, 0.2) is 18.2 Å². The Balaban J connectivity index is 1.85. The third-order valence-corrected chi connectivity index (χ3v) is 5.12. The Labute approximate surface area is 129 Å². The molecule has 2 heteroatoms. The summed E-state index contributed by atoms with van der Waals surface area (Å²) in [5.41, 5.74) is 3.75. The first kappa shape index (κ1) is 16.2. The maximum absolute atomic E-state index is 12.3. The predicted octanol–water partition coefficient (Wildman–Crippen LogP) is 4.39. The Hall–Kier alpha value is -1.15. The molecule has 0 bridgehead atoms. The van der Waals surface area contributed by atoms with E-state index in [4.69, 9.17) is 0 Å². The van der Waals surface area contributed by atoms with Gasteiger partial charge in [-0.3, -0.25) is 4.79 Å². The van der Waals surface area contributed by atoms with Crippen molar-refractivity contribution in [3.63, 3.8) is 0 Å². The van der Waals surface area contributed by atoms with E-state index < -0.39 is 0 Å². The summed E-state index contributed by atoms with van der Waals surface area (Å²) in [6.07, 6.45) is 4.44. The van der Waals surface area contributed by atoms with Gasteiger partial charge >= 0.3 is 0 Å². The fourth-order valence-electron chi connectivity index (χ4n) is 3.21. The van der Waals surface area contributed by atoms with E-state index in [-0.39, 0.29) is 5.78 Å². The third kappa shape index (κ3) is 4.41. The summed E-state index contributed by atoms with van der Waals surface area (Å²) in [6, 6.07) is 6.15. The molecule has 116 valence electrons. The van der Waals surface area contributed by atoms with Gasteiger partial charge in [-0.05, 0) is 57.3 Å². The Morgan fingerprint density at radius 1 is 1.14 bits per heavy atom. The van der Waals surface area contributed by atoms with Crippen LogP contribution in [0.3, 0.4) is 0 Å².